The predicted octanol–water partition coefficient (Wildman–Crippen LogP) is 1.88. The number of amides is 2. The highest BCUT2D eigenvalue weighted by molar-refractivity contribution is 6.05. The van der Waals surface area contributed by atoms with Gasteiger partial charge in [-0.05, 0) is 25.0 Å². The molecule has 0 spiro atoms. The minimum Gasteiger partial charge on any atom is -0.508 e. The summed E-state index contributed by atoms with van der Waals surface area (Å²) < 4.78 is 10.3. The molecule has 0 bridgehead atoms. The summed E-state index contributed by atoms with van der Waals surface area (Å²) in [5.74, 6) is -1.75. The fourth-order valence-electron chi connectivity index (χ4n) is 3.86. The first kappa shape index (κ1) is 18.9. The van der Waals surface area contributed by atoms with Crippen molar-refractivity contribution in [2.75, 3.05) is 6.54 Å². The number of esters is 1. The third-order valence-corrected chi connectivity index (χ3v) is 5.34. The van der Waals surface area contributed by atoms with Crippen molar-refractivity contribution in [1.29, 1.82) is 0 Å². The number of aromatic hydroxyl groups is 1. The van der Waals surface area contributed by atoms with Crippen molar-refractivity contribution in [3.8, 4) is 5.75 Å². The van der Waals surface area contributed by atoms with Crippen molar-refractivity contribution in [2.45, 2.75) is 25.9 Å². The Morgan fingerprint density at radius 1 is 1.10 bits per heavy atom. The van der Waals surface area contributed by atoms with E-state index in [-0.39, 0.29) is 54.6 Å². The Hall–Kier alpha value is -3.42. The molecule has 1 fully saturated rings. The molecule has 1 N–H and O–H groups in total. The van der Waals surface area contributed by atoms with Crippen LogP contribution in [0.2, 0.25) is 0 Å². The van der Waals surface area contributed by atoms with Gasteiger partial charge in [-0.2, -0.15) is 0 Å². The zero-order valence-corrected chi connectivity index (χ0v) is 15.5. The van der Waals surface area contributed by atoms with Gasteiger partial charge in [0, 0.05) is 29.6 Å². The number of phenols is 1. The van der Waals surface area contributed by atoms with Crippen LogP contribution in [0.15, 0.2) is 45.6 Å². The van der Waals surface area contributed by atoms with Crippen molar-refractivity contribution in [3.05, 3.63) is 52.4 Å². The highest BCUT2D eigenvalue weighted by Gasteiger charge is 2.46. The van der Waals surface area contributed by atoms with Gasteiger partial charge in [0.1, 0.15) is 17.9 Å². The Morgan fingerprint density at radius 2 is 1.79 bits per heavy atom. The quantitative estimate of drug-likeness (QED) is 0.355. The van der Waals surface area contributed by atoms with Gasteiger partial charge >= 0.3 is 11.6 Å². The van der Waals surface area contributed by atoms with E-state index in [1.807, 2.05) is 12.2 Å². The van der Waals surface area contributed by atoms with Gasteiger partial charge in [0.05, 0.1) is 18.3 Å². The topological polar surface area (TPSA) is 114 Å². The number of imide groups is 1. The summed E-state index contributed by atoms with van der Waals surface area (Å²) in [6.45, 7) is -0.183. The molecule has 1 aliphatic heterocycles. The summed E-state index contributed by atoms with van der Waals surface area (Å²) in [4.78, 5) is 49.8. The molecule has 8 heteroatoms. The van der Waals surface area contributed by atoms with Gasteiger partial charge in [0.25, 0.3) is 0 Å². The van der Waals surface area contributed by atoms with Crippen LogP contribution < -0.4 is 5.63 Å². The number of carbonyl (C=O) groups is 3. The third kappa shape index (κ3) is 3.65. The van der Waals surface area contributed by atoms with E-state index in [0.717, 1.165) is 4.90 Å². The molecule has 29 heavy (non-hydrogen) atoms. The Labute approximate surface area is 165 Å². The van der Waals surface area contributed by atoms with E-state index in [2.05, 4.69) is 0 Å². The molecule has 0 saturated carbocycles. The van der Waals surface area contributed by atoms with E-state index < -0.39 is 11.6 Å². The largest absolute Gasteiger partial charge is 0.508 e. The highest BCUT2D eigenvalue weighted by atomic mass is 16.5. The van der Waals surface area contributed by atoms with Crippen LogP contribution in [0.4, 0.5) is 0 Å². The highest BCUT2D eigenvalue weighted by Crippen LogP contribution is 2.35. The summed E-state index contributed by atoms with van der Waals surface area (Å²) in [5, 5.41) is 10.1. The Kier molecular flexibility index (Phi) is 4.92. The van der Waals surface area contributed by atoms with Crippen LogP contribution >= 0.6 is 0 Å². The number of allylic oxidation sites excluding steroid dienone is 2. The summed E-state index contributed by atoms with van der Waals surface area (Å²) in [5.41, 5.74) is 0.00154. The van der Waals surface area contributed by atoms with Crippen molar-refractivity contribution >= 4 is 28.8 Å². The Bertz CT molecular complexity index is 1060. The van der Waals surface area contributed by atoms with Gasteiger partial charge in [-0.1, -0.05) is 12.2 Å². The lowest BCUT2D eigenvalue weighted by Gasteiger charge is -2.14. The van der Waals surface area contributed by atoms with Gasteiger partial charge in [-0.15, -0.1) is 0 Å². The molecule has 2 aromatic rings. The van der Waals surface area contributed by atoms with E-state index >= 15 is 0 Å². The molecular weight excluding hydrogens is 378 g/mol. The molecule has 2 aliphatic rings. The molecule has 1 aromatic heterocycles. The fourth-order valence-corrected chi connectivity index (χ4v) is 3.86. The zero-order chi connectivity index (χ0) is 20.5. The smallest absolute Gasteiger partial charge is 0.336 e. The second kappa shape index (κ2) is 7.54. The fraction of sp³-hybridized carbons (Fsp3) is 0.333. The first-order valence-electron chi connectivity index (χ1n) is 9.35. The van der Waals surface area contributed by atoms with Crippen molar-refractivity contribution < 1.29 is 28.6 Å². The maximum atomic E-state index is 12.4. The lowest BCUT2D eigenvalue weighted by atomic mass is 9.85. The molecule has 1 aromatic carbocycles. The van der Waals surface area contributed by atoms with E-state index in [4.69, 9.17) is 9.15 Å². The molecule has 2 atom stereocenters. The van der Waals surface area contributed by atoms with Gasteiger partial charge in [0.2, 0.25) is 11.8 Å². The number of hydrogen-bond acceptors (Lipinski definition) is 7. The standard InChI is InChI=1S/C21H19NO7/c23-13-5-6-14-12(9-19(25)29-17(14)10-13)11-28-18(24)7-8-22-20(26)15-3-1-2-4-16(15)21(22)27/h1-2,5-6,9-10,15-16,23H,3-4,7-8,11H2/t15-,16-/m1/s1. The number of ether oxygens (including phenoxy) is 1. The number of carbonyl (C=O) groups excluding carboxylic acids is 3. The summed E-state index contributed by atoms with van der Waals surface area (Å²) in [6.07, 6.45) is 4.80. The van der Waals surface area contributed by atoms with Crippen molar-refractivity contribution in [1.82, 2.24) is 4.90 Å². The average Bonchev–Trinajstić information content (AvgIpc) is 2.94. The van der Waals surface area contributed by atoms with E-state index in [1.165, 1.54) is 18.2 Å². The van der Waals surface area contributed by atoms with Crippen molar-refractivity contribution in [2.24, 2.45) is 11.8 Å². The van der Waals surface area contributed by atoms with E-state index in [0.29, 0.717) is 23.8 Å². The molecule has 1 aliphatic carbocycles. The van der Waals surface area contributed by atoms with Gasteiger partial charge in [-0.3, -0.25) is 19.3 Å². The lowest BCUT2D eigenvalue weighted by Crippen LogP contribution is -2.33. The second-order valence-corrected chi connectivity index (χ2v) is 7.17. The average molecular weight is 397 g/mol. The van der Waals surface area contributed by atoms with Crippen LogP contribution in [0.3, 0.4) is 0 Å². The number of fused-ring (bicyclic) bond motifs is 2. The summed E-state index contributed by atoms with van der Waals surface area (Å²) >= 11 is 0. The van der Waals surface area contributed by atoms with Crippen LogP contribution in [-0.4, -0.2) is 34.3 Å². The molecule has 1 saturated heterocycles. The lowest BCUT2D eigenvalue weighted by molar-refractivity contribution is -0.146. The van der Waals surface area contributed by atoms with Crippen LogP contribution in [0.5, 0.6) is 5.75 Å². The zero-order valence-electron chi connectivity index (χ0n) is 15.5. The van der Waals surface area contributed by atoms with Gasteiger partial charge in [-0.25, -0.2) is 4.79 Å². The molecule has 150 valence electrons. The van der Waals surface area contributed by atoms with Crippen LogP contribution in [0.1, 0.15) is 24.8 Å². The number of rotatable bonds is 5. The Balaban J connectivity index is 1.38. The first-order chi connectivity index (χ1) is 13.9. The van der Waals surface area contributed by atoms with Crippen LogP contribution in [0.25, 0.3) is 11.0 Å². The van der Waals surface area contributed by atoms with Gasteiger partial charge in [0.15, 0.2) is 0 Å². The van der Waals surface area contributed by atoms with Crippen molar-refractivity contribution in [3.63, 3.8) is 0 Å². The molecule has 2 heterocycles. The summed E-state index contributed by atoms with van der Waals surface area (Å²) in [7, 11) is 0. The molecule has 4 rings (SSSR count). The SMILES string of the molecule is O=C(CCN1C(=O)[C@@H]2CC=CC[C@H]2C1=O)OCc1cc(=O)oc2cc(O)ccc12. The number of nitrogens with zero attached hydrogens (tertiary/aromatic N) is 1. The maximum Gasteiger partial charge on any atom is 0.336 e. The normalized spacial score (nSPS) is 20.9. The number of hydrogen-bond donors (Lipinski definition) is 1. The monoisotopic (exact) mass is 397 g/mol. The Morgan fingerprint density at radius 3 is 2.48 bits per heavy atom. The molecule has 0 unspecified atom stereocenters. The van der Waals surface area contributed by atoms with E-state index in [9.17, 15) is 24.3 Å². The molecule has 8 nitrogen and oxygen atoms in total. The maximum absolute atomic E-state index is 12.4. The van der Waals surface area contributed by atoms with E-state index in [1.54, 1.807) is 6.07 Å². The number of likely N-dealkylation sites (tertiary alicyclic amines) is 1. The first-order valence-corrected chi connectivity index (χ1v) is 9.35. The van der Waals surface area contributed by atoms with Crippen LogP contribution in [-0.2, 0) is 25.7 Å². The minimum absolute atomic E-state index is 0.0188. The molecule has 2 amide bonds. The summed E-state index contributed by atoms with van der Waals surface area (Å²) in [6, 6.07) is 5.53. The predicted molar refractivity (Wildman–Crippen MR) is 101 cm³/mol. The number of benzene rings is 1. The van der Waals surface area contributed by atoms with Gasteiger partial charge < -0.3 is 14.3 Å². The third-order valence-electron chi connectivity index (χ3n) is 5.34. The minimum atomic E-state index is -0.626. The second-order valence-electron chi connectivity index (χ2n) is 7.17. The van der Waals surface area contributed by atoms with Crippen LogP contribution in [0, 0.1) is 11.8 Å². The molecule has 0 radical (unpaired) electrons. The molecular formula is C21H19NO7. The number of phenolic OH excluding ortho intramolecular Hbond substituents is 1.